The Morgan fingerprint density at radius 3 is 2.76 bits per heavy atom. The lowest BCUT2D eigenvalue weighted by Crippen LogP contribution is -2.35. The van der Waals surface area contributed by atoms with Crippen molar-refractivity contribution in [3.8, 4) is 22.6 Å². The van der Waals surface area contributed by atoms with Gasteiger partial charge in [0.05, 0.1) is 11.4 Å². The number of pyridine rings is 1. The number of anilines is 1. The first kappa shape index (κ1) is 15.7. The standard InChI is InChI=1S/C18H16FN5S/c19-13-5-1-4-12(10-13)14-6-2-7-15(22-14)16-11-25-18(23-16)24-17-20-8-3-9-21-17/h1-2,4-7,10-11H,3,8-9H2,(H2,20,21,23,24). The van der Waals surface area contributed by atoms with Crippen molar-refractivity contribution in [3.05, 3.63) is 53.7 Å². The summed E-state index contributed by atoms with van der Waals surface area (Å²) in [6, 6.07) is 12.1. The van der Waals surface area contributed by atoms with Crippen LogP contribution in [0, 0.1) is 5.82 Å². The molecule has 0 atom stereocenters. The van der Waals surface area contributed by atoms with Gasteiger partial charge < -0.3 is 10.6 Å². The van der Waals surface area contributed by atoms with Crippen LogP contribution in [0.1, 0.15) is 6.42 Å². The average Bonchev–Trinajstić information content (AvgIpc) is 3.11. The van der Waals surface area contributed by atoms with Crippen molar-refractivity contribution in [2.45, 2.75) is 6.42 Å². The van der Waals surface area contributed by atoms with E-state index in [9.17, 15) is 4.39 Å². The lowest BCUT2D eigenvalue weighted by molar-refractivity contribution is 0.628. The van der Waals surface area contributed by atoms with Gasteiger partial charge in [-0.1, -0.05) is 18.2 Å². The summed E-state index contributed by atoms with van der Waals surface area (Å²) in [5, 5.41) is 9.11. The molecule has 25 heavy (non-hydrogen) atoms. The minimum Gasteiger partial charge on any atom is -0.356 e. The molecule has 3 aromatic rings. The Morgan fingerprint density at radius 2 is 1.92 bits per heavy atom. The number of guanidine groups is 1. The normalized spacial score (nSPS) is 13.9. The summed E-state index contributed by atoms with van der Waals surface area (Å²) in [7, 11) is 0. The number of thiazole rings is 1. The molecule has 7 heteroatoms. The summed E-state index contributed by atoms with van der Waals surface area (Å²) in [6.07, 6.45) is 1.05. The molecule has 0 radical (unpaired) electrons. The zero-order chi connectivity index (χ0) is 17.1. The van der Waals surface area contributed by atoms with Crippen molar-refractivity contribution >= 4 is 22.4 Å². The van der Waals surface area contributed by atoms with Gasteiger partial charge in [-0.15, -0.1) is 11.3 Å². The lowest BCUT2D eigenvalue weighted by atomic mass is 10.1. The van der Waals surface area contributed by atoms with Crippen molar-refractivity contribution in [2.75, 3.05) is 18.4 Å². The number of hydrogen-bond donors (Lipinski definition) is 2. The molecule has 0 fully saturated rings. The monoisotopic (exact) mass is 353 g/mol. The molecule has 1 aliphatic heterocycles. The number of hydrogen-bond acceptors (Lipinski definition) is 6. The van der Waals surface area contributed by atoms with Gasteiger partial charge in [-0.25, -0.2) is 14.4 Å². The van der Waals surface area contributed by atoms with E-state index in [1.165, 1.54) is 23.5 Å². The summed E-state index contributed by atoms with van der Waals surface area (Å²) in [5.41, 5.74) is 3.00. The Balaban J connectivity index is 1.58. The third-order valence-corrected chi connectivity index (χ3v) is 4.52. The summed E-state index contributed by atoms with van der Waals surface area (Å²) < 4.78 is 13.4. The molecule has 126 valence electrons. The molecular formula is C18H16FN5S. The van der Waals surface area contributed by atoms with E-state index in [1.54, 1.807) is 6.07 Å². The molecule has 0 saturated heterocycles. The van der Waals surface area contributed by atoms with Crippen molar-refractivity contribution in [1.82, 2.24) is 15.3 Å². The quantitative estimate of drug-likeness (QED) is 0.752. The first-order valence-electron chi connectivity index (χ1n) is 8.02. The number of nitrogens with one attached hydrogen (secondary N) is 2. The van der Waals surface area contributed by atoms with E-state index in [0.29, 0.717) is 0 Å². The number of rotatable bonds is 3. The molecule has 0 spiro atoms. The highest BCUT2D eigenvalue weighted by Crippen LogP contribution is 2.26. The maximum atomic E-state index is 13.4. The van der Waals surface area contributed by atoms with Gasteiger partial charge in [0, 0.05) is 24.0 Å². The average molecular weight is 353 g/mol. The smallest absolute Gasteiger partial charge is 0.197 e. The fraction of sp³-hybridized carbons (Fsp3) is 0.167. The number of nitrogens with zero attached hydrogens (tertiary/aromatic N) is 3. The van der Waals surface area contributed by atoms with Crippen LogP contribution >= 0.6 is 11.3 Å². The van der Waals surface area contributed by atoms with Gasteiger partial charge in [0.15, 0.2) is 11.1 Å². The molecule has 2 N–H and O–H groups in total. The number of benzene rings is 1. The predicted octanol–water partition coefficient (Wildman–Crippen LogP) is 3.77. The SMILES string of the molecule is Fc1cccc(-c2cccc(-c3csc(NC4=NCCCN4)n3)n2)c1. The fourth-order valence-corrected chi connectivity index (χ4v) is 3.26. The Kier molecular flexibility index (Phi) is 4.39. The number of aliphatic imine (C=N–C) groups is 1. The van der Waals surface area contributed by atoms with Crippen LogP contribution in [0.25, 0.3) is 22.6 Å². The van der Waals surface area contributed by atoms with Crippen molar-refractivity contribution in [3.63, 3.8) is 0 Å². The summed E-state index contributed by atoms with van der Waals surface area (Å²) in [4.78, 5) is 13.6. The summed E-state index contributed by atoms with van der Waals surface area (Å²) >= 11 is 1.50. The highest BCUT2D eigenvalue weighted by Gasteiger charge is 2.10. The van der Waals surface area contributed by atoms with Crippen LogP contribution in [0.15, 0.2) is 52.8 Å². The Hall–Kier alpha value is -2.80. The van der Waals surface area contributed by atoms with Gasteiger partial charge in [0.25, 0.3) is 0 Å². The molecule has 0 amide bonds. The molecule has 1 aliphatic rings. The molecule has 5 nitrogen and oxygen atoms in total. The van der Waals surface area contributed by atoms with Gasteiger partial charge in [-0.05, 0) is 30.7 Å². The van der Waals surface area contributed by atoms with Gasteiger partial charge >= 0.3 is 0 Å². The van der Waals surface area contributed by atoms with Crippen LogP contribution < -0.4 is 10.6 Å². The van der Waals surface area contributed by atoms with E-state index in [2.05, 4.69) is 25.6 Å². The second kappa shape index (κ2) is 6.98. The third kappa shape index (κ3) is 3.66. The third-order valence-electron chi connectivity index (χ3n) is 3.76. The van der Waals surface area contributed by atoms with Crippen LogP contribution in [0.2, 0.25) is 0 Å². The van der Waals surface area contributed by atoms with Crippen molar-refractivity contribution in [2.24, 2.45) is 4.99 Å². The molecule has 0 unspecified atom stereocenters. The van der Waals surface area contributed by atoms with Gasteiger partial charge in [-0.2, -0.15) is 0 Å². The first-order chi connectivity index (χ1) is 12.3. The Bertz CT molecular complexity index is 921. The molecule has 0 aliphatic carbocycles. The van der Waals surface area contributed by atoms with Crippen LogP contribution in [0.5, 0.6) is 0 Å². The molecule has 4 rings (SSSR count). The van der Waals surface area contributed by atoms with Crippen molar-refractivity contribution in [1.29, 1.82) is 0 Å². The maximum absolute atomic E-state index is 13.4. The molecular weight excluding hydrogens is 337 g/mol. The zero-order valence-electron chi connectivity index (χ0n) is 13.4. The van der Waals surface area contributed by atoms with Crippen LogP contribution in [-0.4, -0.2) is 29.0 Å². The summed E-state index contributed by atoms with van der Waals surface area (Å²) in [5.74, 6) is 0.485. The van der Waals surface area contributed by atoms with Gasteiger partial charge in [0.1, 0.15) is 11.5 Å². The highest BCUT2D eigenvalue weighted by atomic mass is 32.1. The molecule has 1 aromatic carbocycles. The largest absolute Gasteiger partial charge is 0.356 e. The summed E-state index contributed by atoms with van der Waals surface area (Å²) in [6.45, 7) is 1.74. The minimum atomic E-state index is -0.273. The second-order valence-corrected chi connectivity index (χ2v) is 6.45. The zero-order valence-corrected chi connectivity index (χ0v) is 14.2. The van der Waals surface area contributed by atoms with E-state index in [1.807, 2.05) is 29.6 Å². The van der Waals surface area contributed by atoms with Crippen molar-refractivity contribution < 1.29 is 4.39 Å². The van der Waals surface area contributed by atoms with E-state index in [-0.39, 0.29) is 5.82 Å². The van der Waals surface area contributed by atoms with Gasteiger partial charge in [-0.3, -0.25) is 4.99 Å². The second-order valence-electron chi connectivity index (χ2n) is 5.59. The maximum Gasteiger partial charge on any atom is 0.197 e. The van der Waals surface area contributed by atoms with E-state index in [4.69, 9.17) is 0 Å². The molecule has 3 heterocycles. The Morgan fingerprint density at radius 1 is 1.04 bits per heavy atom. The first-order valence-corrected chi connectivity index (χ1v) is 8.90. The predicted molar refractivity (Wildman–Crippen MR) is 99.3 cm³/mol. The van der Waals surface area contributed by atoms with Gasteiger partial charge in [0.2, 0.25) is 0 Å². The van der Waals surface area contributed by atoms with E-state index >= 15 is 0 Å². The minimum absolute atomic E-state index is 0.273. The van der Waals surface area contributed by atoms with Crippen LogP contribution in [0.3, 0.4) is 0 Å². The van der Waals surface area contributed by atoms with Crippen LogP contribution in [-0.2, 0) is 0 Å². The topological polar surface area (TPSA) is 62.2 Å². The molecule has 2 aromatic heterocycles. The number of aromatic nitrogens is 2. The van der Waals surface area contributed by atoms with Crippen LogP contribution in [0.4, 0.5) is 9.52 Å². The molecule has 0 saturated carbocycles. The van der Waals surface area contributed by atoms with E-state index < -0.39 is 0 Å². The Labute approximate surface area is 148 Å². The fourth-order valence-electron chi connectivity index (χ4n) is 2.55. The molecule has 0 bridgehead atoms. The number of halogens is 1. The highest BCUT2D eigenvalue weighted by molar-refractivity contribution is 7.14. The van der Waals surface area contributed by atoms with E-state index in [0.717, 1.165) is 53.2 Å². The lowest BCUT2D eigenvalue weighted by Gasteiger charge is -2.14.